The number of para-hydroxylation sites is 2. The number of aliphatic imine (C=N–C) groups is 1. The molecule has 5 aromatic carbocycles. The molecule has 1 aliphatic heterocycles. The van der Waals surface area contributed by atoms with E-state index in [9.17, 15) is 0 Å². The van der Waals surface area contributed by atoms with Gasteiger partial charge < -0.3 is 4.90 Å². The summed E-state index contributed by atoms with van der Waals surface area (Å²) in [5.74, 6) is 0.385. The van der Waals surface area contributed by atoms with Crippen LogP contribution in [0.25, 0.3) is 31.3 Å². The number of benzene rings is 5. The Hall–Kier alpha value is -6.03. The quantitative estimate of drug-likeness (QED) is 0.114. The van der Waals surface area contributed by atoms with E-state index < -0.39 is 0 Å². The highest BCUT2D eigenvalue weighted by Gasteiger charge is 2.36. The first-order valence-corrected chi connectivity index (χ1v) is 19.4. The van der Waals surface area contributed by atoms with Crippen LogP contribution in [0, 0.1) is 5.92 Å². The number of hydrogen-bond acceptors (Lipinski definition) is 3. The van der Waals surface area contributed by atoms with Gasteiger partial charge in [0.25, 0.3) is 0 Å². The molecule has 0 radical (unpaired) electrons. The van der Waals surface area contributed by atoms with E-state index >= 15 is 0 Å². The van der Waals surface area contributed by atoms with Gasteiger partial charge >= 0.3 is 0 Å². The van der Waals surface area contributed by atoms with Crippen LogP contribution in [-0.4, -0.2) is 11.8 Å². The minimum absolute atomic E-state index is 0.339. The van der Waals surface area contributed by atoms with Gasteiger partial charge in [0.2, 0.25) is 0 Å². The van der Waals surface area contributed by atoms with Crippen molar-refractivity contribution in [2.75, 3.05) is 4.90 Å². The Bertz CT molecular complexity index is 2570. The monoisotopic (exact) mass is 700 g/mol. The van der Waals surface area contributed by atoms with Crippen molar-refractivity contribution in [1.82, 2.24) is 0 Å². The highest BCUT2D eigenvalue weighted by atomic mass is 32.1. The highest BCUT2D eigenvalue weighted by Crippen LogP contribution is 2.49. The summed E-state index contributed by atoms with van der Waals surface area (Å²) >= 11 is 1.87. The fourth-order valence-corrected chi connectivity index (χ4v) is 9.16. The zero-order valence-corrected chi connectivity index (χ0v) is 30.6. The maximum Gasteiger partial charge on any atom is 0.0774 e. The van der Waals surface area contributed by atoms with Crippen LogP contribution in [0.3, 0.4) is 0 Å². The second-order valence-electron chi connectivity index (χ2n) is 13.8. The summed E-state index contributed by atoms with van der Waals surface area (Å²) < 4.78 is 2.59. The van der Waals surface area contributed by atoms with Crippen molar-refractivity contribution in [3.8, 4) is 0 Å². The Morgan fingerprint density at radius 1 is 0.717 bits per heavy atom. The molecule has 2 heterocycles. The number of anilines is 2. The maximum absolute atomic E-state index is 4.92. The van der Waals surface area contributed by atoms with Crippen LogP contribution in [0.4, 0.5) is 11.4 Å². The summed E-state index contributed by atoms with van der Waals surface area (Å²) in [7, 11) is 0. The van der Waals surface area contributed by atoms with Crippen molar-refractivity contribution in [2.45, 2.75) is 25.8 Å². The Morgan fingerprint density at radius 3 is 2.28 bits per heavy atom. The lowest BCUT2D eigenvalue weighted by Gasteiger charge is -2.30. The van der Waals surface area contributed by atoms with Crippen molar-refractivity contribution < 1.29 is 0 Å². The summed E-state index contributed by atoms with van der Waals surface area (Å²) in [5.41, 5.74) is 12.6. The predicted octanol–water partition coefficient (Wildman–Crippen LogP) is 13.4. The summed E-state index contributed by atoms with van der Waals surface area (Å²) in [6.07, 6.45) is 26.1. The smallest absolute Gasteiger partial charge is 0.0774 e. The third kappa shape index (κ3) is 6.39. The average Bonchev–Trinajstić information content (AvgIpc) is 3.76. The number of hydrogen-bond donors (Lipinski definition) is 0. The molecular formula is C50H40N2S. The molecule has 2 atom stereocenters. The molecule has 3 heteroatoms. The van der Waals surface area contributed by atoms with Gasteiger partial charge in [-0.15, -0.1) is 11.3 Å². The molecule has 0 fully saturated rings. The summed E-state index contributed by atoms with van der Waals surface area (Å²) in [5, 5.41) is 2.60. The Labute approximate surface area is 316 Å². The van der Waals surface area contributed by atoms with Crippen LogP contribution < -0.4 is 4.90 Å². The van der Waals surface area contributed by atoms with Crippen molar-refractivity contribution >= 4 is 59.7 Å². The zero-order chi connectivity index (χ0) is 35.6. The van der Waals surface area contributed by atoms with Crippen molar-refractivity contribution in [2.24, 2.45) is 10.9 Å². The number of allylic oxidation sites excluding steroid dienone is 11. The molecule has 0 spiro atoms. The van der Waals surface area contributed by atoms with Crippen LogP contribution in [0.2, 0.25) is 0 Å². The predicted molar refractivity (Wildman–Crippen MR) is 229 cm³/mol. The maximum atomic E-state index is 4.92. The van der Waals surface area contributed by atoms with Gasteiger partial charge in [-0.2, -0.15) is 0 Å². The molecule has 9 rings (SSSR count). The van der Waals surface area contributed by atoms with Crippen LogP contribution in [0.5, 0.6) is 0 Å². The zero-order valence-electron chi connectivity index (χ0n) is 29.8. The van der Waals surface area contributed by atoms with Gasteiger partial charge in [0.15, 0.2) is 0 Å². The molecule has 256 valence electrons. The van der Waals surface area contributed by atoms with Gasteiger partial charge in [-0.05, 0) is 78.5 Å². The van der Waals surface area contributed by atoms with Gasteiger partial charge in [-0.25, -0.2) is 0 Å². The Morgan fingerprint density at radius 2 is 1.47 bits per heavy atom. The number of thiophene rings is 1. The minimum atomic E-state index is 0.339. The minimum Gasteiger partial charge on any atom is -0.333 e. The molecule has 0 amide bonds. The van der Waals surface area contributed by atoms with E-state index in [0.717, 1.165) is 29.7 Å². The van der Waals surface area contributed by atoms with Crippen LogP contribution in [0.15, 0.2) is 199 Å². The number of rotatable bonds is 8. The standard InChI is InChI=1S/C50H40N2S/c1-2-3-4-5-14-31-51-50(37-15-8-6-9-16-37)40-26-29-44-43-28-25-39(33-48(43)53-49(44)34-40)36-23-21-35(22-24-36)38-27-30-47-45(32-38)42-19-12-13-20-46(42)52(47)41-17-10-7-11-18-41/h2-21,23-29,31-35,47H,22,30H2,1H3/b3-2+,5-4-,31-14-,51-50?. The Kier molecular flexibility index (Phi) is 9.01. The highest BCUT2D eigenvalue weighted by molar-refractivity contribution is 7.25. The van der Waals surface area contributed by atoms with Gasteiger partial charge in [0.1, 0.15) is 0 Å². The first-order valence-electron chi connectivity index (χ1n) is 18.5. The van der Waals surface area contributed by atoms with E-state index in [1.54, 1.807) is 0 Å². The summed E-state index contributed by atoms with van der Waals surface area (Å²) in [6, 6.07) is 44.3. The third-order valence-electron chi connectivity index (χ3n) is 10.5. The van der Waals surface area contributed by atoms with E-state index in [1.807, 2.05) is 54.8 Å². The molecule has 2 aliphatic carbocycles. The topological polar surface area (TPSA) is 15.6 Å². The van der Waals surface area contributed by atoms with Crippen LogP contribution >= 0.6 is 11.3 Å². The largest absolute Gasteiger partial charge is 0.333 e. The van der Waals surface area contributed by atoms with E-state index in [-0.39, 0.29) is 0 Å². The second kappa shape index (κ2) is 14.5. The fraction of sp³-hybridized carbons (Fsp3) is 0.100. The number of fused-ring (bicyclic) bond motifs is 6. The number of nitrogens with zero attached hydrogens (tertiary/aromatic N) is 2. The van der Waals surface area contributed by atoms with Crippen molar-refractivity contribution in [3.05, 3.63) is 216 Å². The SMILES string of the molecule is C/C=C/C=C\C=C/N=C(c1ccccc1)c1ccc2c(c1)sc1cc(C3=CCC(C4=CCC5C(=C4)c4ccccc4N5c4ccccc4)C=C3)ccc12. The fourth-order valence-electron chi connectivity index (χ4n) is 7.98. The molecule has 0 N–H and O–H groups in total. The van der Waals surface area contributed by atoms with Crippen molar-refractivity contribution in [3.63, 3.8) is 0 Å². The van der Waals surface area contributed by atoms with E-state index in [4.69, 9.17) is 4.99 Å². The molecular weight excluding hydrogens is 661 g/mol. The molecule has 3 aliphatic rings. The van der Waals surface area contributed by atoms with Crippen LogP contribution in [-0.2, 0) is 0 Å². The first kappa shape index (κ1) is 32.8. The molecule has 0 bridgehead atoms. The second-order valence-corrected chi connectivity index (χ2v) is 14.8. The molecule has 2 unspecified atom stereocenters. The lowest BCUT2D eigenvalue weighted by Crippen LogP contribution is -2.28. The van der Waals surface area contributed by atoms with Gasteiger partial charge in [0.05, 0.1) is 11.8 Å². The summed E-state index contributed by atoms with van der Waals surface area (Å²) in [4.78, 5) is 7.44. The van der Waals surface area contributed by atoms with Crippen molar-refractivity contribution in [1.29, 1.82) is 0 Å². The lowest BCUT2D eigenvalue weighted by molar-refractivity contribution is 0.752. The normalized spacial score (nSPS) is 18.6. The third-order valence-corrected chi connectivity index (χ3v) is 11.7. The molecule has 0 saturated carbocycles. The van der Waals surface area contributed by atoms with E-state index in [0.29, 0.717) is 12.0 Å². The lowest BCUT2D eigenvalue weighted by atomic mass is 9.82. The molecule has 53 heavy (non-hydrogen) atoms. The summed E-state index contributed by atoms with van der Waals surface area (Å²) in [6.45, 7) is 2.01. The van der Waals surface area contributed by atoms with E-state index in [1.165, 1.54) is 59.4 Å². The van der Waals surface area contributed by atoms with Gasteiger partial charge in [-0.1, -0.05) is 146 Å². The Balaban J connectivity index is 0.959. The molecule has 0 saturated heterocycles. The van der Waals surface area contributed by atoms with Gasteiger partial charge in [0, 0.05) is 60.4 Å². The van der Waals surface area contributed by atoms with Crippen LogP contribution in [0.1, 0.15) is 42.0 Å². The average molecular weight is 701 g/mol. The molecule has 2 nitrogen and oxygen atoms in total. The molecule has 1 aromatic heterocycles. The molecule has 6 aromatic rings. The van der Waals surface area contributed by atoms with E-state index in [2.05, 4.69) is 157 Å². The first-order chi connectivity index (χ1) is 26.2. The van der Waals surface area contributed by atoms with Gasteiger partial charge in [-0.3, -0.25) is 4.99 Å².